The number of rotatable bonds is 6. The molecule has 1 aromatic rings. The lowest BCUT2D eigenvalue weighted by atomic mass is 9.82. The van der Waals surface area contributed by atoms with E-state index in [2.05, 4.69) is 32.9 Å². The number of hydrogen-bond acceptors (Lipinski definition) is 6. The van der Waals surface area contributed by atoms with Crippen molar-refractivity contribution in [3.05, 3.63) is 15.7 Å². The van der Waals surface area contributed by atoms with Gasteiger partial charge in [0.25, 0.3) is 5.91 Å². The van der Waals surface area contributed by atoms with Crippen molar-refractivity contribution in [1.29, 1.82) is 0 Å². The molecule has 3 amide bonds. The molecule has 0 aromatic carbocycles. The number of nitrogens with two attached hydrogens (primary N) is 2. The Kier molecular flexibility index (Phi) is 5.77. The maximum atomic E-state index is 13.0. The molecule has 0 unspecified atom stereocenters. The number of Topliss-reactive ketones (excluding diaryl/α,β-unsaturated/α-hetero) is 1. The molecule has 27 heavy (non-hydrogen) atoms. The van der Waals surface area contributed by atoms with Crippen LogP contribution in [0, 0.1) is 3.70 Å². The molecular weight excluding hydrogens is 582 g/mol. The first kappa shape index (κ1) is 20.4. The van der Waals surface area contributed by atoms with E-state index in [1.165, 1.54) is 4.90 Å². The van der Waals surface area contributed by atoms with E-state index in [9.17, 15) is 19.2 Å². The van der Waals surface area contributed by atoms with Crippen molar-refractivity contribution in [2.75, 3.05) is 6.54 Å². The zero-order chi connectivity index (χ0) is 19.9. The lowest BCUT2D eigenvalue weighted by Crippen LogP contribution is -2.69. The van der Waals surface area contributed by atoms with Crippen LogP contribution in [-0.4, -0.2) is 60.3 Å². The molecule has 146 valence electrons. The number of nitrogens with one attached hydrogen (secondary N) is 1. The van der Waals surface area contributed by atoms with Crippen molar-refractivity contribution in [2.24, 2.45) is 11.5 Å². The molecule has 10 nitrogen and oxygen atoms in total. The number of β-lactam (4-membered cyclic amide) rings is 1. The standard InChI is InChI=1S/C15H18I2N6O4/c16-12-9(23(17)6-20-12)4-7(18)13(26)22-3-1-2-15(22,14(19)27)11(25)8-5-10(24)21-8/h6-8H,1-5,18H2,(H2,19,27)(H,21,24)/t7-,8-,15+/m0/s1. The summed E-state index contributed by atoms with van der Waals surface area (Å²) in [5, 5.41) is 2.46. The average Bonchev–Trinajstić information content (AvgIpc) is 3.17. The molecule has 0 saturated carbocycles. The predicted molar refractivity (Wildman–Crippen MR) is 110 cm³/mol. The third kappa shape index (κ3) is 3.46. The van der Waals surface area contributed by atoms with Crippen LogP contribution in [0.3, 0.4) is 0 Å². The maximum absolute atomic E-state index is 13.0. The quantitative estimate of drug-likeness (QED) is 0.213. The van der Waals surface area contributed by atoms with Gasteiger partial charge in [0.15, 0.2) is 11.3 Å². The second-order valence-electron chi connectivity index (χ2n) is 6.61. The number of ketones is 1. The normalized spacial score (nSPS) is 25.7. The van der Waals surface area contributed by atoms with Crippen LogP contribution in [0.15, 0.2) is 6.33 Å². The van der Waals surface area contributed by atoms with Crippen LogP contribution in [-0.2, 0) is 25.6 Å². The van der Waals surface area contributed by atoms with Crippen LogP contribution in [0.2, 0.25) is 0 Å². The van der Waals surface area contributed by atoms with Gasteiger partial charge in [-0.3, -0.25) is 22.0 Å². The van der Waals surface area contributed by atoms with Crippen molar-refractivity contribution in [1.82, 2.24) is 18.0 Å². The van der Waals surface area contributed by atoms with Crippen LogP contribution < -0.4 is 16.8 Å². The van der Waals surface area contributed by atoms with Crippen LogP contribution in [0.5, 0.6) is 0 Å². The molecule has 2 aliphatic heterocycles. The number of nitrogens with zero attached hydrogens (tertiary/aromatic N) is 3. The molecule has 0 radical (unpaired) electrons. The zero-order valence-electron chi connectivity index (χ0n) is 14.2. The molecule has 3 rings (SSSR count). The number of carbonyl (C=O) groups is 4. The van der Waals surface area contributed by atoms with E-state index in [0.717, 1.165) is 9.39 Å². The molecule has 5 N–H and O–H groups in total. The summed E-state index contributed by atoms with van der Waals surface area (Å²) >= 11 is 4.09. The van der Waals surface area contributed by atoms with Gasteiger partial charge in [-0.15, -0.1) is 0 Å². The lowest BCUT2D eigenvalue weighted by molar-refractivity contribution is -0.155. The highest BCUT2D eigenvalue weighted by Crippen LogP contribution is 2.33. The van der Waals surface area contributed by atoms with Gasteiger partial charge < -0.3 is 21.7 Å². The second kappa shape index (κ2) is 7.62. The van der Waals surface area contributed by atoms with Gasteiger partial charge in [-0.25, -0.2) is 4.98 Å². The lowest BCUT2D eigenvalue weighted by Gasteiger charge is -2.40. The van der Waals surface area contributed by atoms with Crippen LogP contribution >= 0.6 is 45.5 Å². The number of primary amides is 1. The van der Waals surface area contributed by atoms with Crippen LogP contribution in [0.4, 0.5) is 0 Å². The number of aromatic nitrogens is 2. The van der Waals surface area contributed by atoms with Gasteiger partial charge in [0.1, 0.15) is 10.0 Å². The van der Waals surface area contributed by atoms with Gasteiger partial charge in [-0.05, 0) is 35.4 Å². The summed E-state index contributed by atoms with van der Waals surface area (Å²) < 4.78 is 2.47. The van der Waals surface area contributed by atoms with Crippen molar-refractivity contribution in [3.63, 3.8) is 0 Å². The van der Waals surface area contributed by atoms with E-state index >= 15 is 0 Å². The fourth-order valence-corrected chi connectivity index (χ4v) is 5.17. The van der Waals surface area contributed by atoms with Gasteiger partial charge in [0.2, 0.25) is 11.8 Å². The van der Waals surface area contributed by atoms with Crippen LogP contribution in [0.1, 0.15) is 25.0 Å². The first-order valence-corrected chi connectivity index (χ1v) is 10.3. The van der Waals surface area contributed by atoms with E-state index in [0.29, 0.717) is 6.42 Å². The Morgan fingerprint density at radius 2 is 2.11 bits per heavy atom. The molecule has 0 aliphatic carbocycles. The first-order valence-electron chi connectivity index (χ1n) is 8.27. The summed E-state index contributed by atoms with van der Waals surface area (Å²) in [6.45, 7) is 0.211. The summed E-state index contributed by atoms with van der Waals surface area (Å²) in [5.74, 6) is -2.22. The van der Waals surface area contributed by atoms with Crippen molar-refractivity contribution < 1.29 is 19.2 Å². The highest BCUT2D eigenvalue weighted by molar-refractivity contribution is 14.1. The van der Waals surface area contributed by atoms with Gasteiger partial charge in [0, 0.05) is 13.0 Å². The number of carbonyl (C=O) groups excluding carboxylic acids is 4. The fraction of sp³-hybridized carbons (Fsp3) is 0.533. The Labute approximate surface area is 182 Å². The monoisotopic (exact) mass is 600 g/mol. The van der Waals surface area contributed by atoms with Crippen molar-refractivity contribution >= 4 is 69.0 Å². The molecule has 3 heterocycles. The third-order valence-corrected chi connectivity index (χ3v) is 6.74. The summed E-state index contributed by atoms with van der Waals surface area (Å²) in [5.41, 5.74) is 10.7. The largest absolute Gasteiger partial charge is 0.367 e. The number of halogens is 2. The Bertz CT molecular complexity index is 800. The second-order valence-corrected chi connectivity index (χ2v) is 8.67. The minimum Gasteiger partial charge on any atom is -0.367 e. The number of amides is 3. The van der Waals surface area contributed by atoms with Gasteiger partial charge in [0.05, 0.1) is 47.1 Å². The maximum Gasteiger partial charge on any atom is 0.251 e. The Morgan fingerprint density at radius 1 is 1.44 bits per heavy atom. The highest BCUT2D eigenvalue weighted by atomic mass is 127. The van der Waals surface area contributed by atoms with Crippen LogP contribution in [0.25, 0.3) is 0 Å². The Hall–Kier alpha value is -1.29. The number of hydrogen-bond donors (Lipinski definition) is 3. The summed E-state index contributed by atoms with van der Waals surface area (Å²) in [6.07, 6.45) is 2.40. The SMILES string of the molecule is NC(=O)[C@]1(C(=O)[C@@H]2CC(=O)N2)CCCN1C(=O)[C@@H](N)Cc1c(I)ncn1I. The molecule has 1 aromatic heterocycles. The summed E-state index contributed by atoms with van der Waals surface area (Å²) in [4.78, 5) is 54.8. The van der Waals surface area contributed by atoms with Gasteiger partial charge in [-0.1, -0.05) is 0 Å². The molecule has 2 saturated heterocycles. The molecule has 0 bridgehead atoms. The van der Waals surface area contributed by atoms with Crippen molar-refractivity contribution in [3.8, 4) is 0 Å². The minimum atomic E-state index is -1.76. The van der Waals surface area contributed by atoms with Gasteiger partial charge >= 0.3 is 0 Å². The molecule has 2 fully saturated rings. The van der Waals surface area contributed by atoms with E-state index in [1.807, 2.05) is 22.9 Å². The van der Waals surface area contributed by atoms with Gasteiger partial charge in [-0.2, -0.15) is 0 Å². The smallest absolute Gasteiger partial charge is 0.251 e. The molecule has 12 heteroatoms. The van der Waals surface area contributed by atoms with E-state index in [1.54, 1.807) is 9.11 Å². The minimum absolute atomic E-state index is 0.00579. The fourth-order valence-electron chi connectivity index (χ4n) is 3.56. The van der Waals surface area contributed by atoms with E-state index < -0.39 is 35.2 Å². The third-order valence-electron chi connectivity index (χ3n) is 5.00. The topological polar surface area (TPSA) is 153 Å². The predicted octanol–water partition coefficient (Wildman–Crippen LogP) is -1.14. The Balaban J connectivity index is 1.84. The van der Waals surface area contributed by atoms with E-state index in [-0.39, 0.29) is 31.7 Å². The molecule has 2 aliphatic rings. The van der Waals surface area contributed by atoms with E-state index in [4.69, 9.17) is 11.5 Å². The number of likely N-dealkylation sites (tertiary alicyclic amines) is 1. The average molecular weight is 600 g/mol. The Morgan fingerprint density at radius 3 is 2.63 bits per heavy atom. The summed E-state index contributed by atoms with van der Waals surface area (Å²) in [7, 11) is 0. The molecule has 3 atom stereocenters. The zero-order valence-corrected chi connectivity index (χ0v) is 18.5. The summed E-state index contributed by atoms with van der Waals surface area (Å²) in [6, 6.07) is -1.75. The highest BCUT2D eigenvalue weighted by Gasteiger charge is 2.58. The molecule has 0 spiro atoms. The number of imidazole rings is 1. The molecular formula is C15H18I2N6O4. The first-order chi connectivity index (χ1) is 12.7. The van der Waals surface area contributed by atoms with Crippen molar-refractivity contribution in [2.45, 2.75) is 43.3 Å².